The van der Waals surface area contributed by atoms with Crippen LogP contribution in [0.15, 0.2) is 188 Å². The van der Waals surface area contributed by atoms with Crippen LogP contribution in [0.1, 0.15) is 0 Å². The zero-order valence-electron chi connectivity index (χ0n) is 31.0. The van der Waals surface area contributed by atoms with E-state index in [1.54, 1.807) is 0 Å². The average molecular weight is 742 g/mol. The molecule has 0 aliphatic heterocycles. The molecule has 6 aromatic carbocycles. The summed E-state index contributed by atoms with van der Waals surface area (Å²) in [4.78, 5) is 34.5. The van der Waals surface area contributed by atoms with Crippen LogP contribution in [-0.4, -0.2) is 34.9 Å². The highest BCUT2D eigenvalue weighted by Gasteiger charge is 2.15. The van der Waals surface area contributed by atoms with Crippen molar-refractivity contribution >= 4 is 43.6 Å². The fourth-order valence-electron chi connectivity index (χ4n) is 7.55. The lowest BCUT2D eigenvalue weighted by molar-refractivity contribution is 1.07. The second kappa shape index (κ2) is 13.9. The lowest BCUT2D eigenvalue weighted by atomic mass is 10.0. The largest absolute Gasteiger partial charge is 0.254 e. The van der Waals surface area contributed by atoms with E-state index in [1.807, 2.05) is 30.6 Å². The quantitative estimate of drug-likeness (QED) is 0.157. The molecule has 0 radical (unpaired) electrons. The molecule has 0 bridgehead atoms. The van der Waals surface area contributed by atoms with Crippen LogP contribution in [0, 0.1) is 0 Å². The van der Waals surface area contributed by atoms with E-state index >= 15 is 0 Å². The van der Waals surface area contributed by atoms with Gasteiger partial charge in [-0.15, -0.1) is 0 Å². The molecule has 0 atom stereocenters. The van der Waals surface area contributed by atoms with E-state index in [4.69, 9.17) is 24.9 Å². The van der Waals surface area contributed by atoms with Gasteiger partial charge in [-0.1, -0.05) is 152 Å². The number of pyridine rings is 4. The van der Waals surface area contributed by atoms with Crippen molar-refractivity contribution in [2.45, 2.75) is 0 Å². The van der Waals surface area contributed by atoms with Crippen LogP contribution in [0.2, 0.25) is 0 Å². The predicted octanol–water partition coefficient (Wildman–Crippen LogP) is 12.1. The molecule has 0 spiro atoms. The Morgan fingerprint density at radius 2 is 0.569 bits per heavy atom. The molecular weight excluding hydrogens is 711 g/mol. The van der Waals surface area contributed by atoms with Gasteiger partial charge in [0.05, 0.1) is 33.5 Å². The van der Waals surface area contributed by atoms with E-state index < -0.39 is 0 Å². The number of nitrogens with zero attached hydrogens (tertiary/aromatic N) is 7. The van der Waals surface area contributed by atoms with Gasteiger partial charge in [-0.2, -0.15) is 0 Å². The van der Waals surface area contributed by atoms with Gasteiger partial charge in [0, 0.05) is 61.8 Å². The van der Waals surface area contributed by atoms with E-state index in [9.17, 15) is 0 Å². The molecule has 7 nitrogen and oxygen atoms in total. The Labute approximate surface area is 333 Å². The van der Waals surface area contributed by atoms with Gasteiger partial charge in [0.15, 0.2) is 17.5 Å². The van der Waals surface area contributed by atoms with Gasteiger partial charge >= 0.3 is 0 Å². The third-order valence-electron chi connectivity index (χ3n) is 10.6. The molecule has 0 N–H and O–H groups in total. The van der Waals surface area contributed by atoms with Crippen LogP contribution in [0.25, 0.3) is 111 Å². The second-order valence-electron chi connectivity index (χ2n) is 14.2. The lowest BCUT2D eigenvalue weighted by Crippen LogP contribution is -2.00. The molecule has 270 valence electrons. The summed E-state index contributed by atoms with van der Waals surface area (Å²) in [7, 11) is 0. The van der Waals surface area contributed by atoms with E-state index in [0.717, 1.165) is 93.9 Å². The van der Waals surface area contributed by atoms with E-state index in [0.29, 0.717) is 17.5 Å². The number of hydrogen-bond donors (Lipinski definition) is 0. The summed E-state index contributed by atoms with van der Waals surface area (Å²) in [6.45, 7) is 0. The van der Waals surface area contributed by atoms with Crippen LogP contribution in [0.4, 0.5) is 0 Å². The summed E-state index contributed by atoms with van der Waals surface area (Å²) in [5.74, 6) is 1.76. The van der Waals surface area contributed by atoms with Gasteiger partial charge in [-0.3, -0.25) is 9.97 Å². The first-order valence-corrected chi connectivity index (χ1v) is 19.1. The standard InChI is InChI=1S/C51H31N7/c1-2-6-32(7-3-1)33-10-20-40(21-11-33)49-56-50(41-22-12-34(13-23-41)43-28-26-38-18-16-36-8-4-30-52-45(36)47(38)54-43)58-51(57-49)42-24-14-35(15-25-42)44-29-27-39-19-17-37-9-5-31-53-46(37)48(39)55-44/h1-31H. The van der Waals surface area contributed by atoms with Gasteiger partial charge < -0.3 is 0 Å². The van der Waals surface area contributed by atoms with Gasteiger partial charge in [-0.05, 0) is 35.4 Å². The first-order chi connectivity index (χ1) is 28.7. The van der Waals surface area contributed by atoms with Crippen LogP contribution in [-0.2, 0) is 0 Å². The third kappa shape index (κ3) is 6.08. The Balaban J connectivity index is 0.970. The van der Waals surface area contributed by atoms with Crippen molar-refractivity contribution in [3.63, 3.8) is 0 Å². The van der Waals surface area contributed by atoms with Gasteiger partial charge in [0.2, 0.25) is 0 Å². The number of rotatable bonds is 6. The first-order valence-electron chi connectivity index (χ1n) is 19.1. The molecule has 0 amide bonds. The average Bonchev–Trinajstić information content (AvgIpc) is 3.31. The molecule has 11 rings (SSSR count). The van der Waals surface area contributed by atoms with E-state index in [2.05, 4.69) is 168 Å². The van der Waals surface area contributed by atoms with Gasteiger partial charge in [-0.25, -0.2) is 24.9 Å². The van der Waals surface area contributed by atoms with Crippen molar-refractivity contribution in [1.82, 2.24) is 34.9 Å². The van der Waals surface area contributed by atoms with Crippen molar-refractivity contribution in [2.24, 2.45) is 0 Å². The van der Waals surface area contributed by atoms with Crippen LogP contribution < -0.4 is 0 Å². The summed E-state index contributed by atoms with van der Waals surface area (Å²) in [5.41, 5.74) is 12.2. The smallest absolute Gasteiger partial charge is 0.164 e. The Morgan fingerprint density at radius 1 is 0.224 bits per heavy atom. The summed E-state index contributed by atoms with van der Waals surface area (Å²) < 4.78 is 0. The molecule has 5 aromatic heterocycles. The maximum atomic E-state index is 5.06. The number of benzene rings is 6. The zero-order chi connectivity index (χ0) is 38.4. The van der Waals surface area contributed by atoms with Crippen LogP contribution in [0.3, 0.4) is 0 Å². The Hall–Kier alpha value is -8.03. The molecule has 0 saturated heterocycles. The van der Waals surface area contributed by atoms with Crippen LogP contribution in [0.5, 0.6) is 0 Å². The monoisotopic (exact) mass is 741 g/mol. The Kier molecular flexibility index (Phi) is 8.00. The molecule has 0 aliphatic carbocycles. The highest BCUT2D eigenvalue weighted by atomic mass is 15.0. The normalized spacial score (nSPS) is 11.4. The van der Waals surface area contributed by atoms with Crippen molar-refractivity contribution < 1.29 is 0 Å². The fourth-order valence-corrected chi connectivity index (χ4v) is 7.55. The van der Waals surface area contributed by atoms with E-state index in [1.165, 1.54) is 0 Å². The molecule has 0 fully saturated rings. The molecule has 0 aliphatic rings. The Morgan fingerprint density at radius 3 is 1.00 bits per heavy atom. The SMILES string of the molecule is c1ccc(-c2ccc(-c3nc(-c4ccc(-c5ccc6ccc7cccnc7c6n5)cc4)nc(-c4ccc(-c5ccc6ccc7cccnc7c6n5)cc4)n3)cc2)cc1. The molecule has 7 heteroatoms. The molecule has 0 unspecified atom stereocenters. The molecular formula is C51H31N7. The maximum Gasteiger partial charge on any atom is 0.164 e. The summed E-state index contributed by atoms with van der Waals surface area (Å²) in [6, 6.07) is 60.0. The predicted molar refractivity (Wildman–Crippen MR) is 234 cm³/mol. The minimum atomic E-state index is 0.583. The van der Waals surface area contributed by atoms with Crippen molar-refractivity contribution in [3.8, 4) is 67.8 Å². The van der Waals surface area contributed by atoms with Gasteiger partial charge in [0.1, 0.15) is 0 Å². The summed E-state index contributed by atoms with van der Waals surface area (Å²) in [5, 5.41) is 4.25. The van der Waals surface area contributed by atoms with Crippen molar-refractivity contribution in [3.05, 3.63) is 188 Å². The molecule has 58 heavy (non-hydrogen) atoms. The second-order valence-corrected chi connectivity index (χ2v) is 14.2. The summed E-state index contributed by atoms with van der Waals surface area (Å²) >= 11 is 0. The number of aromatic nitrogens is 7. The third-order valence-corrected chi connectivity index (χ3v) is 10.6. The summed E-state index contributed by atoms with van der Waals surface area (Å²) in [6.07, 6.45) is 3.63. The van der Waals surface area contributed by atoms with Gasteiger partial charge in [0.25, 0.3) is 0 Å². The minimum absolute atomic E-state index is 0.583. The number of fused-ring (bicyclic) bond motifs is 6. The lowest BCUT2D eigenvalue weighted by Gasteiger charge is -2.11. The maximum absolute atomic E-state index is 5.06. The molecule has 0 saturated carbocycles. The molecule has 11 aromatic rings. The minimum Gasteiger partial charge on any atom is -0.254 e. The van der Waals surface area contributed by atoms with Crippen molar-refractivity contribution in [1.29, 1.82) is 0 Å². The Bertz CT molecular complexity index is 3130. The topological polar surface area (TPSA) is 90.2 Å². The highest BCUT2D eigenvalue weighted by Crippen LogP contribution is 2.32. The number of hydrogen-bond acceptors (Lipinski definition) is 7. The van der Waals surface area contributed by atoms with Crippen LogP contribution >= 0.6 is 0 Å². The van der Waals surface area contributed by atoms with E-state index in [-0.39, 0.29) is 0 Å². The highest BCUT2D eigenvalue weighted by molar-refractivity contribution is 6.04. The zero-order valence-corrected chi connectivity index (χ0v) is 31.0. The first kappa shape index (κ1) is 33.3. The molecule has 5 heterocycles. The fraction of sp³-hybridized carbons (Fsp3) is 0. The van der Waals surface area contributed by atoms with Crippen molar-refractivity contribution in [2.75, 3.05) is 0 Å².